The minimum absolute atomic E-state index is 0.207. The Labute approximate surface area is 165 Å². The van der Waals surface area contributed by atoms with Gasteiger partial charge in [0.2, 0.25) is 5.88 Å². The summed E-state index contributed by atoms with van der Waals surface area (Å²) in [6.07, 6.45) is 0.165. The Kier molecular flexibility index (Phi) is 5.55. The highest BCUT2D eigenvalue weighted by Crippen LogP contribution is 2.38. The average Bonchev–Trinajstić information content (AvgIpc) is 3.57. The molecule has 0 radical (unpaired) electrons. The zero-order chi connectivity index (χ0) is 20.4. The number of hydrogen-bond acceptors (Lipinski definition) is 7. The van der Waals surface area contributed by atoms with E-state index in [0.717, 1.165) is 24.7 Å². The second kappa shape index (κ2) is 8.11. The number of ether oxygens (including phenoxy) is 2. The number of alkyl halides is 3. The first-order valence-corrected chi connectivity index (χ1v) is 9.43. The van der Waals surface area contributed by atoms with E-state index in [1.54, 1.807) is 6.20 Å². The van der Waals surface area contributed by atoms with Crippen molar-refractivity contribution in [3.63, 3.8) is 0 Å². The van der Waals surface area contributed by atoms with Crippen LogP contribution in [0.25, 0.3) is 0 Å². The van der Waals surface area contributed by atoms with Gasteiger partial charge < -0.3 is 19.5 Å². The zero-order valence-corrected chi connectivity index (χ0v) is 15.6. The molecule has 2 aromatic rings. The number of aromatic nitrogens is 3. The molecule has 2 fully saturated rings. The Bertz CT molecular complexity index is 844. The number of aliphatic hydroxyl groups excluding tert-OH is 1. The molecule has 2 aliphatic rings. The highest BCUT2D eigenvalue weighted by molar-refractivity contribution is 5.45. The molecule has 1 aliphatic carbocycles. The number of anilines is 1. The van der Waals surface area contributed by atoms with Crippen LogP contribution < -0.4 is 9.64 Å². The molecule has 0 unspecified atom stereocenters. The van der Waals surface area contributed by atoms with Gasteiger partial charge >= 0.3 is 6.18 Å². The second-order valence-electron chi connectivity index (χ2n) is 7.14. The molecule has 10 heteroatoms. The molecule has 156 valence electrons. The van der Waals surface area contributed by atoms with Crippen molar-refractivity contribution in [2.24, 2.45) is 0 Å². The Balaban J connectivity index is 1.38. The highest BCUT2D eigenvalue weighted by atomic mass is 19.4. The van der Waals surface area contributed by atoms with Crippen molar-refractivity contribution in [3.8, 4) is 5.88 Å². The lowest BCUT2D eigenvalue weighted by molar-refractivity contribution is -0.141. The predicted octanol–water partition coefficient (Wildman–Crippen LogP) is 2.54. The van der Waals surface area contributed by atoms with Gasteiger partial charge in [0.05, 0.1) is 30.7 Å². The van der Waals surface area contributed by atoms with Crippen LogP contribution in [0.15, 0.2) is 24.5 Å². The van der Waals surface area contributed by atoms with E-state index in [2.05, 4.69) is 15.0 Å². The van der Waals surface area contributed by atoms with Crippen molar-refractivity contribution in [2.75, 3.05) is 31.2 Å². The fraction of sp³-hybridized carbons (Fsp3) is 0.526. The predicted molar refractivity (Wildman–Crippen MR) is 96.6 cm³/mol. The van der Waals surface area contributed by atoms with Crippen LogP contribution in [0.2, 0.25) is 0 Å². The third-order valence-electron chi connectivity index (χ3n) is 4.90. The number of hydrogen-bond donors (Lipinski definition) is 1. The van der Waals surface area contributed by atoms with Crippen molar-refractivity contribution in [1.82, 2.24) is 15.0 Å². The summed E-state index contributed by atoms with van der Waals surface area (Å²) in [5, 5.41) is 9.48. The average molecular weight is 410 g/mol. The van der Waals surface area contributed by atoms with E-state index in [4.69, 9.17) is 9.47 Å². The molecule has 7 nitrogen and oxygen atoms in total. The number of halogens is 3. The van der Waals surface area contributed by atoms with Crippen LogP contribution in [0.4, 0.5) is 18.9 Å². The van der Waals surface area contributed by atoms with Crippen molar-refractivity contribution in [1.29, 1.82) is 0 Å². The van der Waals surface area contributed by atoms with Crippen molar-refractivity contribution < 1.29 is 27.8 Å². The largest absolute Gasteiger partial charge is 0.474 e. The molecular formula is C19H21F3N4O3. The maximum Gasteiger partial charge on any atom is 0.433 e. The molecule has 4 rings (SSSR count). The van der Waals surface area contributed by atoms with Crippen LogP contribution in [0, 0.1) is 0 Å². The van der Waals surface area contributed by atoms with E-state index in [-0.39, 0.29) is 19.3 Å². The molecule has 1 N–H and O–H groups in total. The number of pyridine rings is 1. The van der Waals surface area contributed by atoms with Crippen LogP contribution in [-0.2, 0) is 17.5 Å². The molecule has 1 aliphatic heterocycles. The number of morpholine rings is 1. The van der Waals surface area contributed by atoms with Gasteiger partial charge in [0.25, 0.3) is 0 Å². The smallest absolute Gasteiger partial charge is 0.433 e. The molecule has 29 heavy (non-hydrogen) atoms. The third kappa shape index (κ3) is 4.76. The lowest BCUT2D eigenvalue weighted by Gasteiger charge is -2.34. The first kappa shape index (κ1) is 19.8. The molecule has 1 saturated heterocycles. The summed E-state index contributed by atoms with van der Waals surface area (Å²) >= 11 is 0. The van der Waals surface area contributed by atoms with Crippen LogP contribution in [0.1, 0.15) is 35.8 Å². The molecule has 3 heterocycles. The fourth-order valence-corrected chi connectivity index (χ4v) is 3.14. The number of nitrogens with zero attached hydrogens (tertiary/aromatic N) is 4. The Morgan fingerprint density at radius 1 is 1.21 bits per heavy atom. The van der Waals surface area contributed by atoms with Crippen molar-refractivity contribution in [2.45, 2.75) is 37.6 Å². The lowest BCUT2D eigenvalue weighted by Crippen LogP contribution is -2.45. The lowest BCUT2D eigenvalue weighted by atomic mass is 10.2. The van der Waals surface area contributed by atoms with Crippen LogP contribution in [-0.4, -0.2) is 52.5 Å². The quantitative estimate of drug-likeness (QED) is 0.784. The van der Waals surface area contributed by atoms with E-state index in [1.807, 2.05) is 4.90 Å². The van der Waals surface area contributed by atoms with Gasteiger partial charge in [-0.1, -0.05) is 0 Å². The second-order valence-corrected chi connectivity index (χ2v) is 7.14. The summed E-state index contributed by atoms with van der Waals surface area (Å²) in [5.41, 5.74) is 0.190. The summed E-state index contributed by atoms with van der Waals surface area (Å²) < 4.78 is 49.6. The van der Waals surface area contributed by atoms with Gasteiger partial charge in [-0.05, 0) is 25.0 Å². The SMILES string of the molecule is OCc1cnc(C2CC2)nc1OC[C@@H]1CN(c2ccc(C(F)(F)F)nc2)CCO1. The Morgan fingerprint density at radius 3 is 2.69 bits per heavy atom. The van der Waals surface area contributed by atoms with Gasteiger partial charge in [-0.3, -0.25) is 0 Å². The van der Waals surface area contributed by atoms with E-state index in [1.165, 1.54) is 12.3 Å². The molecule has 1 saturated carbocycles. The molecule has 0 bridgehead atoms. The van der Waals surface area contributed by atoms with Crippen molar-refractivity contribution >= 4 is 5.69 Å². The van der Waals surface area contributed by atoms with Gasteiger partial charge in [0, 0.05) is 25.2 Å². The maximum absolute atomic E-state index is 12.7. The fourth-order valence-electron chi connectivity index (χ4n) is 3.14. The summed E-state index contributed by atoms with van der Waals surface area (Å²) in [5.74, 6) is 1.43. The molecule has 1 atom stereocenters. The van der Waals surface area contributed by atoms with Gasteiger partial charge in [-0.15, -0.1) is 0 Å². The Morgan fingerprint density at radius 2 is 2.03 bits per heavy atom. The summed E-state index contributed by atoms with van der Waals surface area (Å²) in [6.45, 7) is 1.39. The van der Waals surface area contributed by atoms with E-state index in [9.17, 15) is 18.3 Å². The van der Waals surface area contributed by atoms with E-state index >= 15 is 0 Å². The molecule has 0 aromatic carbocycles. The number of aliphatic hydroxyl groups is 1. The molecule has 2 aromatic heterocycles. The van der Waals surface area contributed by atoms with Gasteiger partial charge in [-0.2, -0.15) is 18.2 Å². The van der Waals surface area contributed by atoms with Crippen molar-refractivity contribution in [3.05, 3.63) is 41.6 Å². The zero-order valence-electron chi connectivity index (χ0n) is 15.6. The first-order chi connectivity index (χ1) is 13.9. The monoisotopic (exact) mass is 410 g/mol. The molecule has 0 amide bonds. The van der Waals surface area contributed by atoms with Crippen LogP contribution in [0.3, 0.4) is 0 Å². The Hall–Kier alpha value is -2.46. The summed E-state index contributed by atoms with van der Waals surface area (Å²) in [6, 6.07) is 2.39. The highest BCUT2D eigenvalue weighted by Gasteiger charge is 2.32. The molecular weight excluding hydrogens is 389 g/mol. The standard InChI is InChI=1S/C19H21F3N4O3/c20-19(21,22)16-4-3-14(8-23-16)26-5-6-28-15(9-26)11-29-18-13(10-27)7-24-17(25-18)12-1-2-12/h3-4,7-8,12,15,27H,1-2,5-6,9-11H2/t15-/m0/s1. The summed E-state index contributed by atoms with van der Waals surface area (Å²) in [7, 11) is 0. The van der Waals surface area contributed by atoms with Gasteiger partial charge in [-0.25, -0.2) is 9.97 Å². The van der Waals surface area contributed by atoms with Gasteiger partial charge in [0.1, 0.15) is 24.2 Å². The maximum atomic E-state index is 12.7. The first-order valence-electron chi connectivity index (χ1n) is 9.43. The van der Waals surface area contributed by atoms with Crippen LogP contribution >= 0.6 is 0 Å². The third-order valence-corrected chi connectivity index (χ3v) is 4.90. The summed E-state index contributed by atoms with van der Waals surface area (Å²) in [4.78, 5) is 14.1. The van der Waals surface area contributed by atoms with E-state index in [0.29, 0.717) is 42.7 Å². The molecule has 0 spiro atoms. The normalized spacial score (nSPS) is 20.0. The van der Waals surface area contributed by atoms with Crippen LogP contribution in [0.5, 0.6) is 5.88 Å². The number of rotatable bonds is 6. The minimum atomic E-state index is -4.46. The van der Waals surface area contributed by atoms with Gasteiger partial charge in [0.15, 0.2) is 0 Å². The topological polar surface area (TPSA) is 80.6 Å². The van der Waals surface area contributed by atoms with E-state index < -0.39 is 11.9 Å². The minimum Gasteiger partial charge on any atom is -0.474 e.